The molecule has 1 aliphatic heterocycles. The molecule has 1 amide bonds. The Hall–Kier alpha value is -1.84. The van der Waals surface area contributed by atoms with Crippen LogP contribution in [0.5, 0.6) is 0 Å². The number of amides is 1. The number of carbonyl (C=O) groups is 2. The van der Waals surface area contributed by atoms with Crippen LogP contribution in [0, 0.1) is 6.92 Å². The molecule has 4 nitrogen and oxygen atoms in total. The summed E-state index contributed by atoms with van der Waals surface area (Å²) in [5, 5.41) is 0. The Labute approximate surface area is 107 Å². The summed E-state index contributed by atoms with van der Waals surface area (Å²) in [5.41, 5.74) is 2.80. The Morgan fingerprint density at radius 1 is 1.50 bits per heavy atom. The predicted molar refractivity (Wildman–Crippen MR) is 67.1 cm³/mol. The summed E-state index contributed by atoms with van der Waals surface area (Å²) in [6.07, 6.45) is 0. The third-order valence-corrected chi connectivity index (χ3v) is 3.33. The van der Waals surface area contributed by atoms with E-state index in [4.69, 9.17) is 4.74 Å². The quantitative estimate of drug-likeness (QED) is 0.766. The average Bonchev–Trinajstić information content (AvgIpc) is 2.68. The number of aryl methyl sites for hydroxylation is 1. The van der Waals surface area contributed by atoms with Gasteiger partial charge in [-0.3, -0.25) is 4.79 Å². The normalized spacial score (nSPS) is 15.5. The molecule has 0 bridgehead atoms. The van der Waals surface area contributed by atoms with Crippen molar-refractivity contribution >= 4 is 11.9 Å². The first-order chi connectivity index (χ1) is 8.56. The van der Waals surface area contributed by atoms with Gasteiger partial charge in [-0.1, -0.05) is 12.1 Å². The van der Waals surface area contributed by atoms with E-state index in [1.165, 1.54) is 0 Å². The first-order valence-corrected chi connectivity index (χ1v) is 6.12. The fourth-order valence-electron chi connectivity index (χ4n) is 2.21. The molecule has 0 saturated carbocycles. The molecule has 0 aliphatic carbocycles. The molecule has 0 aromatic heterocycles. The Bertz CT molecular complexity index is 496. The van der Waals surface area contributed by atoms with E-state index in [9.17, 15) is 9.59 Å². The van der Waals surface area contributed by atoms with Crippen molar-refractivity contribution < 1.29 is 14.3 Å². The summed E-state index contributed by atoms with van der Waals surface area (Å²) in [6, 6.07) is 5.11. The van der Waals surface area contributed by atoms with Crippen molar-refractivity contribution in [1.82, 2.24) is 4.90 Å². The van der Waals surface area contributed by atoms with E-state index in [1.807, 2.05) is 25.1 Å². The van der Waals surface area contributed by atoms with Crippen molar-refractivity contribution in [3.05, 3.63) is 34.9 Å². The third-order valence-electron chi connectivity index (χ3n) is 3.33. The maximum absolute atomic E-state index is 12.2. The van der Waals surface area contributed by atoms with E-state index >= 15 is 0 Å². The molecule has 1 unspecified atom stereocenters. The number of hydrogen-bond donors (Lipinski definition) is 0. The molecular weight excluding hydrogens is 230 g/mol. The molecule has 0 saturated heterocycles. The molecule has 0 N–H and O–H groups in total. The van der Waals surface area contributed by atoms with E-state index in [2.05, 4.69) is 0 Å². The largest absolute Gasteiger partial charge is 0.464 e. The van der Waals surface area contributed by atoms with Crippen molar-refractivity contribution in [2.45, 2.75) is 33.4 Å². The van der Waals surface area contributed by atoms with Crippen molar-refractivity contribution in [1.29, 1.82) is 0 Å². The van der Waals surface area contributed by atoms with Crippen molar-refractivity contribution in [2.75, 3.05) is 6.61 Å². The molecule has 1 aromatic rings. The summed E-state index contributed by atoms with van der Waals surface area (Å²) in [4.78, 5) is 25.5. The number of esters is 1. The van der Waals surface area contributed by atoms with Crippen LogP contribution in [0.4, 0.5) is 0 Å². The highest BCUT2D eigenvalue weighted by molar-refractivity contribution is 6.00. The number of fused-ring (bicyclic) bond motifs is 1. The van der Waals surface area contributed by atoms with Gasteiger partial charge in [-0.25, -0.2) is 4.79 Å². The van der Waals surface area contributed by atoms with E-state index in [1.54, 1.807) is 18.7 Å². The molecule has 2 rings (SSSR count). The van der Waals surface area contributed by atoms with Gasteiger partial charge in [0.15, 0.2) is 0 Å². The highest BCUT2D eigenvalue weighted by atomic mass is 16.5. The van der Waals surface area contributed by atoms with Crippen LogP contribution in [-0.2, 0) is 16.1 Å². The molecule has 0 fully saturated rings. The van der Waals surface area contributed by atoms with Crippen molar-refractivity contribution in [2.24, 2.45) is 0 Å². The Morgan fingerprint density at radius 2 is 2.22 bits per heavy atom. The van der Waals surface area contributed by atoms with Gasteiger partial charge in [0.2, 0.25) is 0 Å². The number of nitrogens with zero attached hydrogens (tertiary/aromatic N) is 1. The van der Waals surface area contributed by atoms with Gasteiger partial charge in [0.1, 0.15) is 6.04 Å². The molecule has 1 aliphatic rings. The maximum atomic E-state index is 12.2. The zero-order chi connectivity index (χ0) is 13.3. The van der Waals surface area contributed by atoms with Crippen LogP contribution in [-0.4, -0.2) is 29.4 Å². The van der Waals surface area contributed by atoms with Gasteiger partial charge in [-0.05, 0) is 38.0 Å². The number of carbonyl (C=O) groups excluding carboxylic acids is 2. The maximum Gasteiger partial charge on any atom is 0.328 e. The van der Waals surface area contributed by atoms with Gasteiger partial charge in [-0.2, -0.15) is 0 Å². The molecule has 96 valence electrons. The van der Waals surface area contributed by atoms with Crippen LogP contribution in [0.15, 0.2) is 18.2 Å². The number of benzene rings is 1. The highest BCUT2D eigenvalue weighted by Crippen LogP contribution is 2.27. The summed E-state index contributed by atoms with van der Waals surface area (Å²) >= 11 is 0. The molecular formula is C14H17NO3. The molecule has 18 heavy (non-hydrogen) atoms. The first-order valence-electron chi connectivity index (χ1n) is 6.12. The molecule has 4 heteroatoms. The lowest BCUT2D eigenvalue weighted by Crippen LogP contribution is -2.40. The minimum Gasteiger partial charge on any atom is -0.464 e. The molecule has 0 spiro atoms. The minimum atomic E-state index is -0.538. The number of ether oxygens (including phenoxy) is 1. The van der Waals surface area contributed by atoms with Crippen LogP contribution in [0.2, 0.25) is 0 Å². The lowest BCUT2D eigenvalue weighted by molar-refractivity contribution is -0.148. The second-order valence-electron chi connectivity index (χ2n) is 4.46. The van der Waals surface area contributed by atoms with E-state index in [0.29, 0.717) is 18.7 Å². The molecule has 1 aromatic carbocycles. The van der Waals surface area contributed by atoms with Crippen LogP contribution in [0.25, 0.3) is 0 Å². The molecule has 0 radical (unpaired) electrons. The zero-order valence-corrected chi connectivity index (χ0v) is 10.9. The first kappa shape index (κ1) is 12.6. The summed E-state index contributed by atoms with van der Waals surface area (Å²) in [7, 11) is 0. The summed E-state index contributed by atoms with van der Waals surface area (Å²) in [6.45, 7) is 6.26. The monoisotopic (exact) mass is 247 g/mol. The van der Waals surface area contributed by atoms with Gasteiger partial charge in [0.05, 0.1) is 6.61 Å². The standard InChI is InChI=1S/C14H17NO3/c1-4-18-14(17)10(3)15-8-12-9(2)6-5-7-11(12)13(15)16/h5-7,10H,4,8H2,1-3H3. The van der Waals surface area contributed by atoms with Crippen molar-refractivity contribution in [3.8, 4) is 0 Å². The van der Waals surface area contributed by atoms with E-state index in [-0.39, 0.29) is 11.9 Å². The van der Waals surface area contributed by atoms with Gasteiger partial charge < -0.3 is 9.64 Å². The third kappa shape index (κ3) is 1.98. The fourth-order valence-corrected chi connectivity index (χ4v) is 2.21. The second-order valence-corrected chi connectivity index (χ2v) is 4.46. The van der Waals surface area contributed by atoms with Gasteiger partial charge in [0.25, 0.3) is 5.91 Å². The topological polar surface area (TPSA) is 46.6 Å². The minimum absolute atomic E-state index is 0.0887. The number of rotatable bonds is 3. The molecule has 1 heterocycles. The van der Waals surface area contributed by atoms with E-state index in [0.717, 1.165) is 11.1 Å². The SMILES string of the molecule is CCOC(=O)C(C)N1Cc2c(C)cccc2C1=O. The van der Waals surface area contributed by atoms with Crippen LogP contribution < -0.4 is 0 Å². The van der Waals surface area contributed by atoms with Crippen LogP contribution in [0.3, 0.4) is 0 Å². The Morgan fingerprint density at radius 3 is 2.83 bits per heavy atom. The Kier molecular flexibility index (Phi) is 3.36. The summed E-state index contributed by atoms with van der Waals surface area (Å²) < 4.78 is 4.96. The molecule has 1 atom stereocenters. The number of hydrogen-bond acceptors (Lipinski definition) is 3. The fraction of sp³-hybridized carbons (Fsp3) is 0.429. The van der Waals surface area contributed by atoms with E-state index < -0.39 is 6.04 Å². The lowest BCUT2D eigenvalue weighted by Gasteiger charge is -2.22. The van der Waals surface area contributed by atoms with Crippen LogP contribution in [0.1, 0.15) is 35.3 Å². The zero-order valence-electron chi connectivity index (χ0n) is 10.9. The Balaban J connectivity index is 2.24. The predicted octanol–water partition coefficient (Wildman–Crippen LogP) is 1.90. The van der Waals surface area contributed by atoms with Crippen LogP contribution >= 0.6 is 0 Å². The smallest absolute Gasteiger partial charge is 0.328 e. The second kappa shape index (κ2) is 4.80. The highest BCUT2D eigenvalue weighted by Gasteiger charge is 2.34. The van der Waals surface area contributed by atoms with Gasteiger partial charge in [0, 0.05) is 12.1 Å². The van der Waals surface area contributed by atoms with Crippen molar-refractivity contribution in [3.63, 3.8) is 0 Å². The lowest BCUT2D eigenvalue weighted by atomic mass is 10.1. The summed E-state index contributed by atoms with van der Waals surface area (Å²) in [5.74, 6) is -0.439. The average molecular weight is 247 g/mol. The van der Waals surface area contributed by atoms with Gasteiger partial charge in [-0.15, -0.1) is 0 Å². The van der Waals surface area contributed by atoms with Gasteiger partial charge >= 0.3 is 5.97 Å².